The number of hydrogen-bond donors (Lipinski definition) is 0. The molecule has 5 heteroatoms. The van der Waals surface area contributed by atoms with Crippen molar-refractivity contribution in [2.75, 3.05) is 40.4 Å². The molecule has 0 aliphatic carbocycles. The molecule has 0 N–H and O–H groups in total. The van der Waals surface area contributed by atoms with Crippen molar-refractivity contribution in [1.29, 1.82) is 0 Å². The van der Waals surface area contributed by atoms with E-state index in [0.717, 1.165) is 51.2 Å². The van der Waals surface area contributed by atoms with Crippen molar-refractivity contribution in [2.24, 2.45) is 5.41 Å². The molecule has 0 radical (unpaired) electrons. The van der Waals surface area contributed by atoms with Gasteiger partial charge in [-0.05, 0) is 50.3 Å². The molecule has 5 nitrogen and oxygen atoms in total. The molecule has 1 unspecified atom stereocenters. The number of likely N-dealkylation sites (tertiary alicyclic amines) is 2. The lowest BCUT2D eigenvalue weighted by Crippen LogP contribution is -2.44. The van der Waals surface area contributed by atoms with Gasteiger partial charge in [0.25, 0.3) is 5.91 Å². The number of aromatic nitrogens is 1. The Hall–Kier alpha value is -1.46. The van der Waals surface area contributed by atoms with E-state index in [2.05, 4.69) is 23.9 Å². The second kappa shape index (κ2) is 7.19. The zero-order chi connectivity index (χ0) is 17.2. The standard InChI is InChI=1S/C19H29N3O2/c1-4-16-6-5-15(12-20-16)18(23)22-9-7-19(8-10-22)11-17(13-24-3)21(2)14-19/h5-6,12,17H,4,7-11,13-14H2,1-3H3. The van der Waals surface area contributed by atoms with Gasteiger partial charge in [0.2, 0.25) is 0 Å². The van der Waals surface area contributed by atoms with Crippen molar-refractivity contribution >= 4 is 5.91 Å². The van der Waals surface area contributed by atoms with E-state index in [-0.39, 0.29) is 5.91 Å². The normalized spacial score (nSPS) is 23.8. The number of carbonyl (C=O) groups excluding carboxylic acids is 1. The first-order valence-electron chi connectivity index (χ1n) is 9.00. The predicted molar refractivity (Wildman–Crippen MR) is 94.1 cm³/mol. The molecule has 3 rings (SSSR count). The van der Waals surface area contributed by atoms with E-state index >= 15 is 0 Å². The topological polar surface area (TPSA) is 45.7 Å². The second-order valence-corrected chi connectivity index (χ2v) is 7.41. The molecule has 2 saturated heterocycles. The maximum absolute atomic E-state index is 12.7. The number of nitrogens with zero attached hydrogens (tertiary/aromatic N) is 3. The van der Waals surface area contributed by atoms with Crippen LogP contribution in [0.15, 0.2) is 18.3 Å². The van der Waals surface area contributed by atoms with E-state index in [1.807, 2.05) is 17.0 Å². The molecule has 0 saturated carbocycles. The Bertz CT molecular complexity index is 564. The molecule has 132 valence electrons. The van der Waals surface area contributed by atoms with Crippen LogP contribution in [0.1, 0.15) is 42.2 Å². The lowest BCUT2D eigenvalue weighted by molar-refractivity contribution is 0.0591. The first-order valence-corrected chi connectivity index (χ1v) is 9.00. The predicted octanol–water partition coefficient (Wildman–Crippen LogP) is 2.22. The fourth-order valence-corrected chi connectivity index (χ4v) is 4.25. The number of amides is 1. The van der Waals surface area contributed by atoms with Crippen LogP contribution in [0, 0.1) is 5.41 Å². The molecule has 2 aliphatic rings. The largest absolute Gasteiger partial charge is 0.383 e. The smallest absolute Gasteiger partial charge is 0.255 e. The molecule has 1 aromatic heterocycles. The molecule has 0 bridgehead atoms. The molecule has 2 aliphatic heterocycles. The highest BCUT2D eigenvalue weighted by molar-refractivity contribution is 5.94. The van der Waals surface area contributed by atoms with Crippen LogP contribution in [-0.2, 0) is 11.2 Å². The number of rotatable bonds is 4. The van der Waals surface area contributed by atoms with Gasteiger partial charge >= 0.3 is 0 Å². The highest BCUT2D eigenvalue weighted by Crippen LogP contribution is 2.42. The van der Waals surface area contributed by atoms with E-state index in [1.54, 1.807) is 13.3 Å². The highest BCUT2D eigenvalue weighted by Gasteiger charge is 2.44. The van der Waals surface area contributed by atoms with Crippen LogP contribution in [0.25, 0.3) is 0 Å². The average molecular weight is 331 g/mol. The Morgan fingerprint density at radius 1 is 1.38 bits per heavy atom. The number of pyridine rings is 1. The van der Waals surface area contributed by atoms with Gasteiger partial charge < -0.3 is 14.5 Å². The molecule has 24 heavy (non-hydrogen) atoms. The average Bonchev–Trinajstić information content (AvgIpc) is 2.90. The lowest BCUT2D eigenvalue weighted by atomic mass is 9.76. The van der Waals surface area contributed by atoms with E-state index < -0.39 is 0 Å². The summed E-state index contributed by atoms with van der Waals surface area (Å²) in [4.78, 5) is 21.5. The number of ether oxygens (including phenoxy) is 1. The van der Waals surface area contributed by atoms with Crippen LogP contribution in [0.5, 0.6) is 0 Å². The number of methoxy groups -OCH3 is 1. The first kappa shape index (κ1) is 17.4. The van der Waals surface area contributed by atoms with E-state index in [4.69, 9.17) is 4.74 Å². The van der Waals surface area contributed by atoms with E-state index in [9.17, 15) is 4.79 Å². The number of aryl methyl sites for hydroxylation is 1. The minimum Gasteiger partial charge on any atom is -0.383 e. The van der Waals surface area contributed by atoms with Gasteiger partial charge in [-0.1, -0.05) is 6.92 Å². The molecule has 3 heterocycles. The van der Waals surface area contributed by atoms with Crippen LogP contribution in [0.4, 0.5) is 0 Å². The maximum Gasteiger partial charge on any atom is 0.255 e. The summed E-state index contributed by atoms with van der Waals surface area (Å²) < 4.78 is 5.35. The summed E-state index contributed by atoms with van der Waals surface area (Å²) in [7, 11) is 3.97. The van der Waals surface area contributed by atoms with E-state index in [0.29, 0.717) is 17.0 Å². The van der Waals surface area contributed by atoms with Crippen LogP contribution < -0.4 is 0 Å². The zero-order valence-corrected chi connectivity index (χ0v) is 15.1. The molecular formula is C19H29N3O2. The summed E-state index contributed by atoms with van der Waals surface area (Å²) in [5.41, 5.74) is 2.10. The summed E-state index contributed by atoms with van der Waals surface area (Å²) in [6.45, 7) is 5.69. The van der Waals surface area contributed by atoms with Crippen molar-refractivity contribution in [2.45, 2.75) is 38.6 Å². The van der Waals surface area contributed by atoms with Crippen molar-refractivity contribution in [3.8, 4) is 0 Å². The van der Waals surface area contributed by atoms with Crippen molar-refractivity contribution in [1.82, 2.24) is 14.8 Å². The third-order valence-electron chi connectivity index (χ3n) is 5.78. The minimum atomic E-state index is 0.125. The fourth-order valence-electron chi connectivity index (χ4n) is 4.25. The molecular weight excluding hydrogens is 302 g/mol. The summed E-state index contributed by atoms with van der Waals surface area (Å²) >= 11 is 0. The number of piperidine rings is 1. The molecule has 1 atom stereocenters. The fraction of sp³-hybridized carbons (Fsp3) is 0.684. The summed E-state index contributed by atoms with van der Waals surface area (Å²) in [5.74, 6) is 0.125. The van der Waals surface area contributed by atoms with Gasteiger partial charge in [0.15, 0.2) is 0 Å². The van der Waals surface area contributed by atoms with Crippen LogP contribution >= 0.6 is 0 Å². The van der Waals surface area contributed by atoms with Crippen LogP contribution in [0.3, 0.4) is 0 Å². The second-order valence-electron chi connectivity index (χ2n) is 7.41. The Balaban J connectivity index is 1.59. The maximum atomic E-state index is 12.7. The van der Waals surface area contributed by atoms with Gasteiger partial charge in [0.1, 0.15) is 0 Å². The Kier molecular flexibility index (Phi) is 5.21. The van der Waals surface area contributed by atoms with Gasteiger partial charge in [-0.15, -0.1) is 0 Å². The van der Waals surface area contributed by atoms with Gasteiger partial charge in [-0.25, -0.2) is 0 Å². The Labute approximate surface area is 145 Å². The lowest BCUT2D eigenvalue weighted by Gasteiger charge is -2.39. The molecule has 1 amide bonds. The quantitative estimate of drug-likeness (QED) is 0.849. The Morgan fingerprint density at radius 3 is 2.71 bits per heavy atom. The SMILES string of the molecule is CCc1ccc(C(=O)N2CCC3(CC2)CC(COC)N(C)C3)cn1. The van der Waals surface area contributed by atoms with Crippen LogP contribution in [-0.4, -0.2) is 67.1 Å². The van der Waals surface area contributed by atoms with Crippen molar-refractivity contribution < 1.29 is 9.53 Å². The first-order chi connectivity index (χ1) is 11.6. The number of likely N-dealkylation sites (N-methyl/N-ethyl adjacent to an activating group) is 1. The third-order valence-corrected chi connectivity index (χ3v) is 5.78. The highest BCUT2D eigenvalue weighted by atomic mass is 16.5. The number of carbonyl (C=O) groups is 1. The van der Waals surface area contributed by atoms with Crippen molar-refractivity contribution in [3.63, 3.8) is 0 Å². The molecule has 1 spiro atoms. The minimum absolute atomic E-state index is 0.125. The van der Waals surface area contributed by atoms with Gasteiger partial charge in [-0.3, -0.25) is 9.78 Å². The summed E-state index contributed by atoms with van der Waals surface area (Å²) in [6, 6.07) is 4.39. The third kappa shape index (κ3) is 3.47. The van der Waals surface area contributed by atoms with Crippen LogP contribution in [0.2, 0.25) is 0 Å². The Morgan fingerprint density at radius 2 is 2.12 bits per heavy atom. The zero-order valence-electron chi connectivity index (χ0n) is 15.1. The number of hydrogen-bond acceptors (Lipinski definition) is 4. The summed E-state index contributed by atoms with van der Waals surface area (Å²) in [5, 5.41) is 0. The molecule has 0 aromatic carbocycles. The molecule has 1 aromatic rings. The van der Waals surface area contributed by atoms with Crippen molar-refractivity contribution in [3.05, 3.63) is 29.6 Å². The molecule has 2 fully saturated rings. The summed E-state index contributed by atoms with van der Waals surface area (Å²) in [6.07, 6.45) is 5.99. The monoisotopic (exact) mass is 331 g/mol. The van der Waals surface area contributed by atoms with Gasteiger partial charge in [-0.2, -0.15) is 0 Å². The van der Waals surface area contributed by atoms with Gasteiger partial charge in [0, 0.05) is 44.7 Å². The van der Waals surface area contributed by atoms with Gasteiger partial charge in [0.05, 0.1) is 12.2 Å². The van der Waals surface area contributed by atoms with E-state index in [1.165, 1.54) is 6.42 Å².